The summed E-state index contributed by atoms with van der Waals surface area (Å²) in [4.78, 5) is 4.88. The smallest absolute Gasteiger partial charge is 0.0544 e. The molecule has 0 radical (unpaired) electrons. The summed E-state index contributed by atoms with van der Waals surface area (Å²) in [6.45, 7) is 1.01. The fraction of sp³-hybridized carbons (Fsp3) is 0.350. The fourth-order valence-electron chi connectivity index (χ4n) is 3.15. The lowest BCUT2D eigenvalue weighted by molar-refractivity contribution is 0.324. The van der Waals surface area contributed by atoms with Crippen LogP contribution in [0.4, 0.5) is 5.69 Å². The first-order chi connectivity index (χ1) is 10.9. The van der Waals surface area contributed by atoms with E-state index in [1.54, 1.807) is 0 Å². The Morgan fingerprint density at radius 2 is 1.59 bits per heavy atom. The van der Waals surface area contributed by atoms with Gasteiger partial charge >= 0.3 is 0 Å². The number of nitrogens with one attached hydrogen (secondary N) is 1. The molecule has 0 amide bonds. The lowest BCUT2D eigenvalue weighted by Gasteiger charge is -2.29. The van der Waals surface area contributed by atoms with Crippen molar-refractivity contribution in [2.24, 2.45) is 10.9 Å². The largest absolute Gasteiger partial charge is 0.385 e. The number of nitrogens with zero attached hydrogens (tertiary/aromatic N) is 1. The van der Waals surface area contributed by atoms with Crippen LogP contribution in [0.15, 0.2) is 65.7 Å². The van der Waals surface area contributed by atoms with Crippen molar-refractivity contribution in [1.82, 2.24) is 0 Å². The van der Waals surface area contributed by atoms with Crippen molar-refractivity contribution in [2.45, 2.75) is 31.7 Å². The first-order valence-electron chi connectivity index (χ1n) is 8.29. The molecule has 22 heavy (non-hydrogen) atoms. The van der Waals surface area contributed by atoms with Crippen LogP contribution in [-0.2, 0) is 0 Å². The van der Waals surface area contributed by atoms with Crippen LogP contribution < -0.4 is 5.32 Å². The van der Waals surface area contributed by atoms with Gasteiger partial charge in [-0.25, -0.2) is 0 Å². The molecule has 0 unspecified atom stereocenters. The Bertz CT molecular complexity index is 577. The summed E-state index contributed by atoms with van der Waals surface area (Å²) in [5.74, 6) is 0.633. The van der Waals surface area contributed by atoms with Gasteiger partial charge in [-0.05, 0) is 36.5 Å². The zero-order valence-electron chi connectivity index (χ0n) is 13.0. The molecule has 2 heteroatoms. The van der Waals surface area contributed by atoms with Crippen molar-refractivity contribution < 1.29 is 0 Å². The molecule has 114 valence electrons. The maximum atomic E-state index is 4.88. The van der Waals surface area contributed by atoms with Gasteiger partial charge in [-0.1, -0.05) is 61.4 Å². The number of benzene rings is 2. The maximum absolute atomic E-state index is 4.88. The summed E-state index contributed by atoms with van der Waals surface area (Å²) in [5, 5.41) is 3.57. The lowest BCUT2D eigenvalue weighted by Crippen LogP contribution is -2.29. The van der Waals surface area contributed by atoms with Gasteiger partial charge in [-0.2, -0.15) is 0 Å². The van der Waals surface area contributed by atoms with E-state index in [9.17, 15) is 0 Å². The number of rotatable bonds is 5. The Labute approximate surface area is 133 Å². The van der Waals surface area contributed by atoms with Crippen LogP contribution in [-0.4, -0.2) is 18.8 Å². The summed E-state index contributed by atoms with van der Waals surface area (Å²) in [6.07, 6.45) is 7.17. The molecule has 0 heterocycles. The topological polar surface area (TPSA) is 24.4 Å². The van der Waals surface area contributed by atoms with Crippen molar-refractivity contribution in [3.63, 3.8) is 0 Å². The van der Waals surface area contributed by atoms with E-state index >= 15 is 0 Å². The minimum absolute atomic E-state index is 0.449. The summed E-state index contributed by atoms with van der Waals surface area (Å²) in [7, 11) is 0. The highest BCUT2D eigenvalue weighted by atomic mass is 14.9. The van der Waals surface area contributed by atoms with Crippen LogP contribution in [0.3, 0.4) is 0 Å². The minimum atomic E-state index is 0.449. The molecular formula is C20H24N2. The zero-order chi connectivity index (χ0) is 15.0. The highest BCUT2D eigenvalue weighted by Gasteiger charge is 2.23. The van der Waals surface area contributed by atoms with Crippen LogP contribution in [0.25, 0.3) is 0 Å². The molecule has 1 saturated carbocycles. The lowest BCUT2D eigenvalue weighted by atomic mass is 9.84. The molecule has 1 aliphatic rings. The molecule has 2 nitrogen and oxygen atoms in total. The van der Waals surface area contributed by atoms with Crippen LogP contribution in [0.2, 0.25) is 0 Å². The number of anilines is 1. The predicted molar refractivity (Wildman–Crippen MR) is 94.7 cm³/mol. The van der Waals surface area contributed by atoms with Crippen LogP contribution >= 0.6 is 0 Å². The molecule has 0 aliphatic heterocycles. The molecule has 1 aliphatic carbocycles. The molecular weight excluding hydrogens is 268 g/mol. The first-order valence-corrected chi connectivity index (χ1v) is 8.29. The summed E-state index contributed by atoms with van der Waals surface area (Å²) < 4.78 is 0. The third-order valence-corrected chi connectivity index (χ3v) is 4.43. The fourth-order valence-corrected chi connectivity index (χ4v) is 3.15. The Morgan fingerprint density at radius 1 is 0.909 bits per heavy atom. The second-order valence-corrected chi connectivity index (χ2v) is 6.05. The number of hydrogen-bond donors (Lipinski definition) is 1. The van der Waals surface area contributed by atoms with Gasteiger partial charge in [0.1, 0.15) is 0 Å². The van der Waals surface area contributed by atoms with E-state index < -0.39 is 0 Å². The van der Waals surface area contributed by atoms with Crippen molar-refractivity contribution in [3.8, 4) is 0 Å². The van der Waals surface area contributed by atoms with Crippen molar-refractivity contribution in [1.29, 1.82) is 0 Å². The van der Waals surface area contributed by atoms with Gasteiger partial charge in [0.05, 0.1) is 6.04 Å². The Balaban J connectivity index is 1.60. The Morgan fingerprint density at radius 3 is 2.36 bits per heavy atom. The Kier molecular flexibility index (Phi) is 5.25. The van der Waals surface area contributed by atoms with Gasteiger partial charge in [0.25, 0.3) is 0 Å². The average Bonchev–Trinajstić information content (AvgIpc) is 2.61. The molecule has 0 aromatic heterocycles. The summed E-state index contributed by atoms with van der Waals surface area (Å²) in [5.41, 5.74) is 2.40. The third kappa shape index (κ3) is 4.20. The third-order valence-electron chi connectivity index (χ3n) is 4.43. The maximum Gasteiger partial charge on any atom is 0.0544 e. The molecule has 1 fully saturated rings. The summed E-state index contributed by atoms with van der Waals surface area (Å²) in [6, 6.07) is 21.3. The zero-order valence-corrected chi connectivity index (χ0v) is 13.0. The molecule has 0 spiro atoms. The van der Waals surface area contributed by atoms with Crippen molar-refractivity contribution >= 4 is 11.9 Å². The molecule has 2 aromatic carbocycles. The van der Waals surface area contributed by atoms with Gasteiger partial charge in [0, 0.05) is 18.4 Å². The molecule has 2 atom stereocenters. The molecule has 2 aromatic rings. The Hall–Kier alpha value is -2.09. The summed E-state index contributed by atoms with van der Waals surface area (Å²) >= 11 is 0. The molecule has 3 rings (SSSR count). The van der Waals surface area contributed by atoms with E-state index in [1.165, 1.54) is 36.9 Å². The number of para-hydroxylation sites is 1. The number of hydrogen-bond acceptors (Lipinski definition) is 2. The molecule has 0 saturated heterocycles. The highest BCUT2D eigenvalue weighted by molar-refractivity contribution is 5.79. The number of aliphatic imine (C=N–C) groups is 1. The van der Waals surface area contributed by atoms with Gasteiger partial charge in [-0.3, -0.25) is 4.99 Å². The van der Waals surface area contributed by atoms with Crippen LogP contribution in [0, 0.1) is 5.92 Å². The van der Waals surface area contributed by atoms with E-state index in [0.29, 0.717) is 12.0 Å². The normalized spacial score (nSPS) is 21.8. The monoisotopic (exact) mass is 292 g/mol. The van der Waals surface area contributed by atoms with Gasteiger partial charge < -0.3 is 5.32 Å². The van der Waals surface area contributed by atoms with E-state index in [2.05, 4.69) is 59.9 Å². The highest BCUT2D eigenvalue weighted by Crippen LogP contribution is 2.27. The molecule has 1 N–H and O–H groups in total. The minimum Gasteiger partial charge on any atom is -0.385 e. The first kappa shape index (κ1) is 14.8. The average molecular weight is 292 g/mol. The van der Waals surface area contributed by atoms with E-state index in [-0.39, 0.29) is 0 Å². The van der Waals surface area contributed by atoms with Crippen molar-refractivity contribution in [2.75, 3.05) is 11.9 Å². The standard InChI is InChI=1S/C20H24N2/c1-3-9-17(10-4-1)15-22-20-14-8-7-11-18(20)16-21-19-12-5-2-6-13-19/h1-6,9-10,12-13,15,18,20-21H,7-8,11,14,16H2/t18-,20-/m1/s1. The van der Waals surface area contributed by atoms with Crippen molar-refractivity contribution in [3.05, 3.63) is 66.2 Å². The van der Waals surface area contributed by atoms with E-state index in [4.69, 9.17) is 4.99 Å². The van der Waals surface area contributed by atoms with Gasteiger partial charge in [-0.15, -0.1) is 0 Å². The SMILES string of the molecule is C(=N[C@@H]1CCCC[C@@H]1CNc1ccccc1)c1ccccc1. The van der Waals surface area contributed by atoms with Gasteiger partial charge in [0.2, 0.25) is 0 Å². The van der Waals surface area contributed by atoms with Crippen LogP contribution in [0.5, 0.6) is 0 Å². The quantitative estimate of drug-likeness (QED) is 0.788. The molecule has 0 bridgehead atoms. The second kappa shape index (κ2) is 7.79. The second-order valence-electron chi connectivity index (χ2n) is 6.05. The van der Waals surface area contributed by atoms with Gasteiger partial charge in [0.15, 0.2) is 0 Å². The van der Waals surface area contributed by atoms with E-state index in [0.717, 1.165) is 6.54 Å². The predicted octanol–water partition coefficient (Wildman–Crippen LogP) is 4.78. The van der Waals surface area contributed by atoms with E-state index in [1.807, 2.05) is 12.3 Å². The van der Waals surface area contributed by atoms with Crippen LogP contribution in [0.1, 0.15) is 31.2 Å².